The average Bonchev–Trinajstić information content (AvgIpc) is 2.78. The minimum atomic E-state index is 0.339. The second-order valence-electron chi connectivity index (χ2n) is 5.51. The number of phenols is 1. The molecule has 1 heterocycles. The Hall–Kier alpha value is -0.730. The first-order chi connectivity index (χ1) is 8.77. The molecular formula is C15H20ClNO. The molecule has 1 aromatic carbocycles. The van der Waals surface area contributed by atoms with Crippen LogP contribution >= 0.6 is 11.6 Å². The summed E-state index contributed by atoms with van der Waals surface area (Å²) in [5.41, 5.74) is 3.91. The molecule has 0 aromatic heterocycles. The average molecular weight is 266 g/mol. The summed E-state index contributed by atoms with van der Waals surface area (Å²) in [6, 6.07) is 1.99. The number of hydrogen-bond donors (Lipinski definition) is 2. The normalized spacial score (nSPS) is 23.7. The highest BCUT2D eigenvalue weighted by Crippen LogP contribution is 2.41. The second-order valence-corrected chi connectivity index (χ2v) is 5.92. The molecule has 1 fully saturated rings. The standard InChI is InChI=1S/C15H20ClNO/c16-13-8-10-4-2-1-3-5-12(10)14(15(13)18)11-6-7-17-9-11/h8,11,17-18H,1-7,9H2. The number of fused-ring (bicyclic) bond motifs is 1. The molecule has 0 radical (unpaired) electrons. The number of aromatic hydroxyl groups is 1. The van der Waals surface area contributed by atoms with Crippen molar-refractivity contribution in [3.63, 3.8) is 0 Å². The van der Waals surface area contributed by atoms with Gasteiger partial charge in [0.15, 0.2) is 0 Å². The fraction of sp³-hybridized carbons (Fsp3) is 0.600. The number of halogens is 1. The van der Waals surface area contributed by atoms with Crippen LogP contribution in [0.3, 0.4) is 0 Å². The summed E-state index contributed by atoms with van der Waals surface area (Å²) < 4.78 is 0. The third kappa shape index (κ3) is 2.12. The molecule has 18 heavy (non-hydrogen) atoms. The maximum absolute atomic E-state index is 10.3. The van der Waals surface area contributed by atoms with Gasteiger partial charge < -0.3 is 10.4 Å². The summed E-state index contributed by atoms with van der Waals surface area (Å²) in [6.07, 6.45) is 7.10. The number of phenolic OH excluding ortho intramolecular Hbond substituents is 1. The summed E-state index contributed by atoms with van der Waals surface area (Å²) >= 11 is 6.21. The van der Waals surface area contributed by atoms with E-state index >= 15 is 0 Å². The quantitative estimate of drug-likeness (QED) is 0.763. The van der Waals surface area contributed by atoms with Gasteiger partial charge in [0, 0.05) is 18.0 Å². The molecule has 98 valence electrons. The van der Waals surface area contributed by atoms with Crippen LogP contribution in [0.25, 0.3) is 0 Å². The molecule has 1 saturated heterocycles. The molecule has 0 bridgehead atoms. The van der Waals surface area contributed by atoms with Crippen molar-refractivity contribution < 1.29 is 5.11 Å². The molecule has 1 unspecified atom stereocenters. The van der Waals surface area contributed by atoms with Gasteiger partial charge in [0.25, 0.3) is 0 Å². The highest BCUT2D eigenvalue weighted by Gasteiger charge is 2.26. The van der Waals surface area contributed by atoms with E-state index in [1.54, 1.807) is 0 Å². The van der Waals surface area contributed by atoms with E-state index in [2.05, 4.69) is 5.32 Å². The van der Waals surface area contributed by atoms with Gasteiger partial charge in [-0.2, -0.15) is 0 Å². The van der Waals surface area contributed by atoms with Gasteiger partial charge in [0.1, 0.15) is 5.75 Å². The first kappa shape index (κ1) is 12.3. The molecule has 3 heteroatoms. The van der Waals surface area contributed by atoms with Gasteiger partial charge >= 0.3 is 0 Å². The second kappa shape index (κ2) is 5.10. The van der Waals surface area contributed by atoms with Crippen molar-refractivity contribution in [3.05, 3.63) is 27.8 Å². The number of rotatable bonds is 1. The Morgan fingerprint density at radius 2 is 2.06 bits per heavy atom. The van der Waals surface area contributed by atoms with E-state index in [9.17, 15) is 5.11 Å². The van der Waals surface area contributed by atoms with Crippen molar-refractivity contribution >= 4 is 11.6 Å². The smallest absolute Gasteiger partial charge is 0.137 e. The number of benzene rings is 1. The minimum Gasteiger partial charge on any atom is -0.506 e. The SMILES string of the molecule is Oc1c(Cl)cc2c(c1C1CCNC1)CCCCC2. The molecule has 1 aliphatic heterocycles. The molecule has 2 nitrogen and oxygen atoms in total. The molecule has 0 amide bonds. The summed E-state index contributed by atoms with van der Waals surface area (Å²) in [7, 11) is 0. The van der Waals surface area contributed by atoms with E-state index in [0.717, 1.165) is 37.9 Å². The lowest BCUT2D eigenvalue weighted by molar-refractivity contribution is 0.461. The highest BCUT2D eigenvalue weighted by atomic mass is 35.5. The number of hydrogen-bond acceptors (Lipinski definition) is 2. The molecule has 1 aliphatic carbocycles. The van der Waals surface area contributed by atoms with Crippen LogP contribution in [0.15, 0.2) is 6.07 Å². The Morgan fingerprint density at radius 1 is 1.22 bits per heavy atom. The Labute approximate surface area is 113 Å². The molecule has 0 spiro atoms. The van der Waals surface area contributed by atoms with Gasteiger partial charge in [0.05, 0.1) is 5.02 Å². The van der Waals surface area contributed by atoms with E-state index in [0.29, 0.717) is 16.7 Å². The maximum atomic E-state index is 10.3. The molecule has 3 rings (SSSR count). The molecule has 2 aliphatic rings. The largest absolute Gasteiger partial charge is 0.506 e. The third-order valence-electron chi connectivity index (χ3n) is 4.34. The monoisotopic (exact) mass is 265 g/mol. The minimum absolute atomic E-state index is 0.339. The summed E-state index contributed by atoms with van der Waals surface area (Å²) in [5, 5.41) is 14.3. The number of aryl methyl sites for hydroxylation is 1. The highest BCUT2D eigenvalue weighted by molar-refractivity contribution is 6.32. The van der Waals surface area contributed by atoms with Crippen LogP contribution in [-0.4, -0.2) is 18.2 Å². The van der Waals surface area contributed by atoms with E-state index in [1.165, 1.54) is 30.4 Å². The summed E-state index contributed by atoms with van der Waals surface area (Å²) in [4.78, 5) is 0. The van der Waals surface area contributed by atoms with Crippen LogP contribution in [0.2, 0.25) is 5.02 Å². The third-order valence-corrected chi connectivity index (χ3v) is 4.62. The van der Waals surface area contributed by atoms with Crippen molar-refractivity contribution in [2.24, 2.45) is 0 Å². The van der Waals surface area contributed by atoms with Gasteiger partial charge in [0.2, 0.25) is 0 Å². The Balaban J connectivity index is 2.11. The Kier molecular flexibility index (Phi) is 3.49. The van der Waals surface area contributed by atoms with Crippen LogP contribution in [0.5, 0.6) is 5.75 Å². The maximum Gasteiger partial charge on any atom is 0.137 e. The lowest BCUT2D eigenvalue weighted by Gasteiger charge is -2.20. The summed E-state index contributed by atoms with van der Waals surface area (Å²) in [5.74, 6) is 0.779. The zero-order chi connectivity index (χ0) is 12.5. The van der Waals surface area contributed by atoms with Gasteiger partial charge in [-0.25, -0.2) is 0 Å². The predicted octanol–water partition coefficient (Wildman–Crippen LogP) is 3.39. The van der Waals surface area contributed by atoms with Crippen LogP contribution in [0.4, 0.5) is 0 Å². The van der Waals surface area contributed by atoms with Crippen LogP contribution in [0, 0.1) is 0 Å². The molecule has 0 saturated carbocycles. The van der Waals surface area contributed by atoms with E-state index in [4.69, 9.17) is 11.6 Å². The molecule has 2 N–H and O–H groups in total. The van der Waals surface area contributed by atoms with Gasteiger partial charge in [-0.1, -0.05) is 18.0 Å². The van der Waals surface area contributed by atoms with Crippen molar-refractivity contribution in [1.29, 1.82) is 0 Å². The number of nitrogens with one attached hydrogen (secondary N) is 1. The predicted molar refractivity (Wildman–Crippen MR) is 74.6 cm³/mol. The summed E-state index contributed by atoms with van der Waals surface area (Å²) in [6.45, 7) is 2.02. The van der Waals surface area contributed by atoms with E-state index < -0.39 is 0 Å². The van der Waals surface area contributed by atoms with Crippen molar-refractivity contribution in [1.82, 2.24) is 5.32 Å². The Morgan fingerprint density at radius 3 is 2.83 bits per heavy atom. The van der Waals surface area contributed by atoms with Gasteiger partial charge in [-0.3, -0.25) is 0 Å². The molecule has 1 aromatic rings. The Bertz CT molecular complexity index is 452. The van der Waals surface area contributed by atoms with Crippen LogP contribution in [-0.2, 0) is 12.8 Å². The molecule has 1 atom stereocenters. The molecular weight excluding hydrogens is 246 g/mol. The van der Waals surface area contributed by atoms with E-state index in [1.807, 2.05) is 6.07 Å². The van der Waals surface area contributed by atoms with Crippen LogP contribution in [0.1, 0.15) is 48.3 Å². The van der Waals surface area contributed by atoms with Gasteiger partial charge in [-0.15, -0.1) is 0 Å². The topological polar surface area (TPSA) is 32.3 Å². The van der Waals surface area contributed by atoms with Crippen molar-refractivity contribution in [3.8, 4) is 5.75 Å². The lowest BCUT2D eigenvalue weighted by Crippen LogP contribution is -2.11. The van der Waals surface area contributed by atoms with Crippen molar-refractivity contribution in [2.75, 3.05) is 13.1 Å². The fourth-order valence-electron chi connectivity index (χ4n) is 3.41. The first-order valence-corrected chi connectivity index (χ1v) is 7.39. The first-order valence-electron chi connectivity index (χ1n) is 7.01. The zero-order valence-electron chi connectivity index (χ0n) is 10.6. The van der Waals surface area contributed by atoms with Crippen molar-refractivity contribution in [2.45, 2.75) is 44.4 Å². The zero-order valence-corrected chi connectivity index (χ0v) is 11.4. The van der Waals surface area contributed by atoms with Crippen LogP contribution < -0.4 is 5.32 Å². The van der Waals surface area contributed by atoms with E-state index in [-0.39, 0.29) is 0 Å². The lowest BCUT2D eigenvalue weighted by atomic mass is 9.87. The fourth-order valence-corrected chi connectivity index (χ4v) is 3.64. The van der Waals surface area contributed by atoms with Gasteiger partial charge in [-0.05, 0) is 55.8 Å².